The third kappa shape index (κ3) is 5.54. The number of guanidine groups is 1. The molecule has 5 N–H and O–H groups in total. The van der Waals surface area contributed by atoms with E-state index in [0.717, 1.165) is 87.8 Å². The number of allylic oxidation sites excluding steroid dienone is 2. The number of rotatable bonds is 7. The summed E-state index contributed by atoms with van der Waals surface area (Å²) in [4.78, 5) is 19.1. The minimum atomic E-state index is -0.163. The van der Waals surface area contributed by atoms with Gasteiger partial charge in [-0.15, -0.1) is 0 Å². The van der Waals surface area contributed by atoms with Gasteiger partial charge in [-0.2, -0.15) is 0 Å². The Labute approximate surface area is 290 Å². The second-order valence-corrected chi connectivity index (χ2v) is 19.2. The van der Waals surface area contributed by atoms with Crippen molar-refractivity contribution in [2.75, 3.05) is 31.3 Å². The number of hydrogen-bond acceptors (Lipinski definition) is 8. The Morgan fingerprint density at radius 1 is 1.15 bits per heavy atom. The van der Waals surface area contributed by atoms with Gasteiger partial charge in [0.15, 0.2) is 11.7 Å². The molecule has 3 fully saturated rings. The van der Waals surface area contributed by atoms with Crippen molar-refractivity contribution in [1.82, 2.24) is 5.32 Å². The molecule has 6 nitrogen and oxygen atoms in total. The maximum Gasteiger partial charge on any atom is 0.189 e. The van der Waals surface area contributed by atoms with Gasteiger partial charge in [0.1, 0.15) is 0 Å². The molecule has 0 unspecified atom stereocenters. The zero-order chi connectivity index (χ0) is 33.0. The van der Waals surface area contributed by atoms with Crippen LogP contribution in [0, 0.1) is 46.3 Å². The summed E-state index contributed by atoms with van der Waals surface area (Å²) in [5.41, 5.74) is 11.8. The molecule has 0 radical (unpaired) electrons. The molecule has 0 saturated heterocycles. The maximum absolute atomic E-state index is 14.3. The van der Waals surface area contributed by atoms with Gasteiger partial charge in [0.05, 0.1) is 5.54 Å². The van der Waals surface area contributed by atoms with Crippen LogP contribution in [0.25, 0.3) is 0 Å². The van der Waals surface area contributed by atoms with Crippen molar-refractivity contribution in [1.29, 1.82) is 0 Å². The normalized spacial score (nSPS) is 40.1. The lowest BCUT2D eigenvalue weighted by molar-refractivity contribution is -0.125. The van der Waals surface area contributed by atoms with Crippen molar-refractivity contribution in [3.63, 3.8) is 0 Å². The molecule has 4 aliphatic carbocycles. The van der Waals surface area contributed by atoms with E-state index in [4.69, 9.17) is 10.7 Å². The van der Waals surface area contributed by atoms with E-state index in [-0.39, 0.29) is 41.4 Å². The van der Waals surface area contributed by atoms with Crippen LogP contribution in [0.2, 0.25) is 0 Å². The molecular formula is C39H57N3O3S2. The number of carbonyl (C=O) groups excluding carboxylic acids is 1. The predicted octanol–water partition coefficient (Wildman–Crippen LogP) is 6.90. The van der Waals surface area contributed by atoms with E-state index < -0.39 is 0 Å². The first-order valence-electron chi connectivity index (χ1n) is 18.6. The molecule has 8 heteroatoms. The van der Waals surface area contributed by atoms with Crippen molar-refractivity contribution in [3.05, 3.63) is 46.5 Å². The van der Waals surface area contributed by atoms with Gasteiger partial charge in [0.25, 0.3) is 0 Å². The van der Waals surface area contributed by atoms with Gasteiger partial charge in [0.2, 0.25) is 0 Å². The molecule has 2 aliphatic heterocycles. The number of nitrogens with two attached hydrogens (primary N) is 1. The van der Waals surface area contributed by atoms with E-state index in [0.29, 0.717) is 47.8 Å². The van der Waals surface area contributed by atoms with Gasteiger partial charge < -0.3 is 21.3 Å². The molecule has 6 aliphatic rings. The predicted molar refractivity (Wildman–Crippen MR) is 195 cm³/mol. The first-order valence-corrected chi connectivity index (χ1v) is 21.0. The molecule has 1 aromatic rings. The number of aliphatic hydroxyl groups is 2. The van der Waals surface area contributed by atoms with Crippen LogP contribution in [0.5, 0.6) is 0 Å². The summed E-state index contributed by atoms with van der Waals surface area (Å²) in [5.74, 6) is 5.81. The van der Waals surface area contributed by atoms with Crippen LogP contribution in [0.3, 0.4) is 0 Å². The number of nitrogens with one attached hydrogen (secondary N) is 1. The lowest BCUT2D eigenvalue weighted by Gasteiger charge is -2.57. The molecule has 2 heterocycles. The second kappa shape index (κ2) is 13.3. The van der Waals surface area contributed by atoms with Crippen LogP contribution in [0.15, 0.2) is 40.4 Å². The van der Waals surface area contributed by atoms with Crippen LogP contribution in [0.4, 0.5) is 0 Å². The summed E-state index contributed by atoms with van der Waals surface area (Å²) in [5, 5.41) is 24.4. The van der Waals surface area contributed by atoms with Gasteiger partial charge in [0, 0.05) is 49.0 Å². The maximum atomic E-state index is 14.3. The summed E-state index contributed by atoms with van der Waals surface area (Å²) >= 11 is 0. The van der Waals surface area contributed by atoms with Gasteiger partial charge in [-0.25, -0.2) is 0 Å². The summed E-state index contributed by atoms with van der Waals surface area (Å²) in [6.45, 7) is 8.20. The molecule has 47 heavy (non-hydrogen) atoms. The lowest BCUT2D eigenvalue weighted by Crippen LogP contribution is -2.68. The third-order valence-corrected chi connectivity index (χ3v) is 16.6. The highest BCUT2D eigenvalue weighted by atomic mass is 33.1. The number of nitrogens with zero attached hydrogens (tertiary/aromatic N) is 1. The standard InChI is InChI=1S/C39H57N3O3S2/c1-24(2)16-25-6-4-7-26(17-25)30-11-9-28-10-12-31-33-19-29-18-27(22-44)32(8-5-14-43)38(33,20-35(31)45)37(29,3)13-15-46-47-23-39(28)34(30)21-41-36(40)42-39/h4,6-7,17,24,27-30,32,34,43-44H,5,8-16,18-23H2,1-3H3,(H3,40,41,42)/t27-,28+,29+,30+,32-,34-,37+,38+,39-/m1/s1. The molecule has 2 spiro atoms. The zero-order valence-corrected chi connectivity index (χ0v) is 30.4. The third-order valence-electron chi connectivity index (χ3n) is 14.1. The Kier molecular flexibility index (Phi) is 9.64. The summed E-state index contributed by atoms with van der Waals surface area (Å²) in [7, 11) is 4.05. The second-order valence-electron chi connectivity index (χ2n) is 16.6. The summed E-state index contributed by atoms with van der Waals surface area (Å²) < 4.78 is 0. The number of carbonyl (C=O) groups is 1. The van der Waals surface area contributed by atoms with E-state index in [9.17, 15) is 15.0 Å². The number of Topliss-reactive ketones (excluding diaryl/α,β-unsaturated/α-hetero) is 1. The largest absolute Gasteiger partial charge is 0.396 e. The quantitative estimate of drug-likeness (QED) is 0.232. The van der Waals surface area contributed by atoms with Gasteiger partial charge in [-0.1, -0.05) is 72.2 Å². The first kappa shape index (κ1) is 34.0. The van der Waals surface area contributed by atoms with E-state index in [1.807, 2.05) is 21.6 Å². The van der Waals surface area contributed by atoms with Crippen molar-refractivity contribution in [2.45, 2.75) is 103 Å². The van der Waals surface area contributed by atoms with Crippen molar-refractivity contribution >= 4 is 33.3 Å². The number of benzene rings is 1. The first-order chi connectivity index (χ1) is 22.7. The highest BCUT2D eigenvalue weighted by Crippen LogP contribution is 2.75. The van der Waals surface area contributed by atoms with Gasteiger partial charge in [-0.05, 0) is 122 Å². The molecule has 3 saturated carbocycles. The summed E-state index contributed by atoms with van der Waals surface area (Å²) in [6.07, 6.45) is 10.6. The van der Waals surface area contributed by atoms with E-state index >= 15 is 0 Å². The average Bonchev–Trinajstić information content (AvgIpc) is 3.38. The van der Waals surface area contributed by atoms with Crippen molar-refractivity contribution < 1.29 is 15.0 Å². The Balaban J connectivity index is 1.25. The Morgan fingerprint density at radius 2 is 2.00 bits per heavy atom. The summed E-state index contributed by atoms with van der Waals surface area (Å²) in [6, 6.07) is 9.35. The highest BCUT2D eigenvalue weighted by Gasteiger charge is 2.69. The highest BCUT2D eigenvalue weighted by molar-refractivity contribution is 8.76. The van der Waals surface area contributed by atoms with E-state index in [1.165, 1.54) is 16.7 Å². The Morgan fingerprint density at radius 3 is 2.79 bits per heavy atom. The number of hydrogen-bond donors (Lipinski definition) is 4. The minimum Gasteiger partial charge on any atom is -0.396 e. The van der Waals surface area contributed by atoms with Crippen molar-refractivity contribution in [3.8, 4) is 0 Å². The monoisotopic (exact) mass is 679 g/mol. The molecule has 5 bridgehead atoms. The average molecular weight is 680 g/mol. The van der Waals surface area contributed by atoms with Crippen LogP contribution in [0.1, 0.15) is 102 Å². The molecule has 7 rings (SSSR count). The number of ketones is 1. The van der Waals surface area contributed by atoms with E-state index in [1.54, 1.807) is 0 Å². The molecule has 1 aromatic carbocycles. The van der Waals surface area contributed by atoms with E-state index in [2.05, 4.69) is 50.4 Å². The Bertz CT molecular complexity index is 1410. The van der Waals surface area contributed by atoms with Crippen molar-refractivity contribution in [2.24, 2.45) is 57.1 Å². The zero-order valence-electron chi connectivity index (χ0n) is 28.8. The molecule has 258 valence electrons. The lowest BCUT2D eigenvalue weighted by atomic mass is 9.47. The van der Waals surface area contributed by atoms with Crippen LogP contribution in [-0.4, -0.2) is 58.8 Å². The molecule has 0 amide bonds. The fourth-order valence-electron chi connectivity index (χ4n) is 12.1. The molecular weight excluding hydrogens is 623 g/mol. The fourth-order valence-corrected chi connectivity index (χ4v) is 14.9. The van der Waals surface area contributed by atoms with Crippen LogP contribution in [-0.2, 0) is 11.2 Å². The van der Waals surface area contributed by atoms with Gasteiger partial charge >= 0.3 is 0 Å². The van der Waals surface area contributed by atoms with Crippen LogP contribution >= 0.6 is 21.6 Å². The van der Waals surface area contributed by atoms with Gasteiger partial charge in [-0.3, -0.25) is 9.79 Å². The number of aliphatic hydroxyl groups excluding tert-OH is 2. The smallest absolute Gasteiger partial charge is 0.189 e. The molecule has 9 atom stereocenters. The Hall–Kier alpha value is -1.48. The topological polar surface area (TPSA) is 108 Å². The number of aliphatic imine (C=N–C) groups is 1. The fraction of sp³-hybridized carbons (Fsp3) is 0.744. The molecule has 0 aromatic heterocycles. The minimum absolute atomic E-state index is 0.0486. The SMILES string of the molecule is CC(C)Cc1cccc([C@@H]2CC[C@H]3CCC4=C5C[C@@H]6C[C@H](CO)[C@@H](CCCO)[C@]5(CC4=O)[C@@]6(C)CCSSC[C@@]34NC(N)=NC[C@H]24)c1. The van der Waals surface area contributed by atoms with Crippen LogP contribution < -0.4 is 11.1 Å².